The summed E-state index contributed by atoms with van der Waals surface area (Å²) in [6.07, 6.45) is -2.56. The normalized spacial score (nSPS) is 20.2. The van der Waals surface area contributed by atoms with Crippen LogP contribution in [0.5, 0.6) is 0 Å². The van der Waals surface area contributed by atoms with Crippen molar-refractivity contribution >= 4 is 5.91 Å². The molecule has 1 unspecified atom stereocenters. The largest absolute Gasteiger partial charge is 0.435 e. The standard InChI is InChI=1S/C18H21F3N4O/c1-17(2)11-24(8-6-14(17)22)16(26)12-4-3-5-13(10-12)25-9-7-15(23-25)18(19,20)21/h3-5,7,9-10,14H,6,8,11,22H2,1-2H3. The molecule has 2 N–H and O–H groups in total. The third-order valence-corrected chi connectivity index (χ3v) is 4.84. The Bertz CT molecular complexity index is 813. The van der Waals surface area contributed by atoms with E-state index in [1.54, 1.807) is 29.2 Å². The van der Waals surface area contributed by atoms with E-state index in [4.69, 9.17) is 5.73 Å². The van der Waals surface area contributed by atoms with Gasteiger partial charge in [-0.15, -0.1) is 0 Å². The molecule has 2 heterocycles. The van der Waals surface area contributed by atoms with Gasteiger partial charge in [-0.2, -0.15) is 18.3 Å². The van der Waals surface area contributed by atoms with Crippen LogP contribution < -0.4 is 5.73 Å². The Morgan fingerprint density at radius 1 is 1.31 bits per heavy atom. The number of hydrogen-bond acceptors (Lipinski definition) is 3. The zero-order chi connectivity index (χ0) is 19.1. The van der Waals surface area contributed by atoms with Crippen molar-refractivity contribution in [1.82, 2.24) is 14.7 Å². The number of nitrogens with zero attached hydrogens (tertiary/aromatic N) is 3. The maximum absolute atomic E-state index is 12.8. The molecular formula is C18H21F3N4O. The van der Waals surface area contributed by atoms with Crippen LogP contribution in [-0.2, 0) is 6.18 Å². The van der Waals surface area contributed by atoms with Gasteiger partial charge in [-0.1, -0.05) is 19.9 Å². The first kappa shape index (κ1) is 18.4. The fourth-order valence-corrected chi connectivity index (χ4v) is 3.13. The van der Waals surface area contributed by atoms with E-state index in [1.165, 1.54) is 6.20 Å². The van der Waals surface area contributed by atoms with Crippen molar-refractivity contribution in [3.05, 3.63) is 47.8 Å². The lowest BCUT2D eigenvalue weighted by Gasteiger charge is -2.42. The van der Waals surface area contributed by atoms with Gasteiger partial charge in [0.1, 0.15) is 0 Å². The van der Waals surface area contributed by atoms with E-state index in [1.807, 2.05) is 13.8 Å². The summed E-state index contributed by atoms with van der Waals surface area (Å²) >= 11 is 0. The second-order valence-electron chi connectivity index (χ2n) is 7.30. The van der Waals surface area contributed by atoms with Gasteiger partial charge in [0, 0.05) is 30.9 Å². The highest BCUT2D eigenvalue weighted by molar-refractivity contribution is 5.94. The number of carbonyl (C=O) groups excluding carboxylic acids is 1. The summed E-state index contributed by atoms with van der Waals surface area (Å²) in [6.45, 7) is 5.15. The summed E-state index contributed by atoms with van der Waals surface area (Å²) in [5.74, 6) is -0.157. The topological polar surface area (TPSA) is 64.2 Å². The molecule has 0 spiro atoms. The third-order valence-electron chi connectivity index (χ3n) is 4.84. The highest BCUT2D eigenvalue weighted by Crippen LogP contribution is 2.29. The Hall–Kier alpha value is -2.35. The maximum Gasteiger partial charge on any atom is 0.435 e. The number of hydrogen-bond donors (Lipinski definition) is 1. The molecule has 0 saturated carbocycles. The average Bonchev–Trinajstić information content (AvgIpc) is 3.07. The van der Waals surface area contributed by atoms with Gasteiger partial charge in [0.2, 0.25) is 0 Å². The van der Waals surface area contributed by atoms with Crippen LogP contribution in [0.15, 0.2) is 36.5 Å². The number of alkyl halides is 3. The molecule has 1 aliphatic heterocycles. The minimum absolute atomic E-state index is 0.0303. The van der Waals surface area contributed by atoms with Crippen molar-refractivity contribution in [2.75, 3.05) is 13.1 Å². The van der Waals surface area contributed by atoms with Gasteiger partial charge in [-0.3, -0.25) is 4.79 Å². The molecule has 0 radical (unpaired) electrons. The summed E-state index contributed by atoms with van der Waals surface area (Å²) in [7, 11) is 0. The second kappa shape index (κ2) is 6.42. The number of nitrogens with two attached hydrogens (primary N) is 1. The van der Waals surface area contributed by atoms with Crippen LogP contribution in [0.4, 0.5) is 13.2 Å². The average molecular weight is 366 g/mol. The molecule has 1 aromatic carbocycles. The molecule has 140 valence electrons. The number of likely N-dealkylation sites (tertiary alicyclic amines) is 1. The van der Waals surface area contributed by atoms with Crippen LogP contribution in [0, 0.1) is 5.41 Å². The summed E-state index contributed by atoms with van der Waals surface area (Å²) in [6, 6.07) is 7.39. The van der Waals surface area contributed by atoms with E-state index in [0.29, 0.717) is 30.8 Å². The maximum atomic E-state index is 12.8. The Balaban J connectivity index is 1.83. The molecule has 1 saturated heterocycles. The van der Waals surface area contributed by atoms with Crippen molar-refractivity contribution in [1.29, 1.82) is 0 Å². The predicted octanol–water partition coefficient (Wildman–Crippen LogP) is 3.09. The van der Waals surface area contributed by atoms with Crippen molar-refractivity contribution in [2.45, 2.75) is 32.5 Å². The van der Waals surface area contributed by atoms with Crippen molar-refractivity contribution in [2.24, 2.45) is 11.1 Å². The molecule has 1 aliphatic rings. The zero-order valence-corrected chi connectivity index (χ0v) is 14.6. The Morgan fingerprint density at radius 3 is 2.65 bits per heavy atom. The first-order chi connectivity index (χ1) is 12.1. The van der Waals surface area contributed by atoms with Crippen molar-refractivity contribution < 1.29 is 18.0 Å². The third kappa shape index (κ3) is 3.60. The quantitative estimate of drug-likeness (QED) is 0.888. The molecule has 1 aromatic heterocycles. The van der Waals surface area contributed by atoms with Gasteiger partial charge in [-0.25, -0.2) is 4.68 Å². The van der Waals surface area contributed by atoms with Gasteiger partial charge in [0.25, 0.3) is 5.91 Å². The molecule has 3 rings (SSSR count). The SMILES string of the molecule is CC1(C)CN(C(=O)c2cccc(-n3ccc(C(F)(F)F)n3)c2)CCC1N. The van der Waals surface area contributed by atoms with E-state index in [9.17, 15) is 18.0 Å². The predicted molar refractivity (Wildman–Crippen MR) is 90.8 cm³/mol. The Labute approximate surface area is 149 Å². The number of rotatable bonds is 2. The molecule has 0 bridgehead atoms. The van der Waals surface area contributed by atoms with Crippen molar-refractivity contribution in [3.8, 4) is 5.69 Å². The summed E-state index contributed by atoms with van der Waals surface area (Å²) in [5.41, 5.74) is 5.77. The highest BCUT2D eigenvalue weighted by Gasteiger charge is 2.36. The summed E-state index contributed by atoms with van der Waals surface area (Å²) < 4.78 is 39.3. The number of benzene rings is 1. The summed E-state index contributed by atoms with van der Waals surface area (Å²) in [4.78, 5) is 14.6. The molecule has 1 atom stereocenters. The van der Waals surface area contributed by atoms with E-state index < -0.39 is 11.9 Å². The van der Waals surface area contributed by atoms with Crippen LogP contribution in [-0.4, -0.2) is 39.7 Å². The fourth-order valence-electron chi connectivity index (χ4n) is 3.13. The zero-order valence-electron chi connectivity index (χ0n) is 14.6. The highest BCUT2D eigenvalue weighted by atomic mass is 19.4. The first-order valence-corrected chi connectivity index (χ1v) is 8.36. The minimum atomic E-state index is -4.50. The van der Waals surface area contributed by atoms with Gasteiger partial charge in [0.05, 0.1) is 5.69 Å². The van der Waals surface area contributed by atoms with Gasteiger partial charge in [-0.05, 0) is 36.1 Å². The number of carbonyl (C=O) groups is 1. The monoisotopic (exact) mass is 366 g/mol. The lowest BCUT2D eigenvalue weighted by atomic mass is 9.79. The number of halogens is 3. The smallest absolute Gasteiger partial charge is 0.338 e. The Morgan fingerprint density at radius 2 is 2.04 bits per heavy atom. The number of piperidine rings is 1. The molecule has 5 nitrogen and oxygen atoms in total. The molecule has 8 heteroatoms. The number of aromatic nitrogens is 2. The first-order valence-electron chi connectivity index (χ1n) is 8.36. The van der Waals surface area contributed by atoms with Crippen LogP contribution in [0.2, 0.25) is 0 Å². The van der Waals surface area contributed by atoms with Crippen LogP contribution in [0.25, 0.3) is 5.69 Å². The van der Waals surface area contributed by atoms with Crippen LogP contribution in [0.3, 0.4) is 0 Å². The molecule has 0 aliphatic carbocycles. The lowest BCUT2D eigenvalue weighted by Crippen LogP contribution is -2.54. The van der Waals surface area contributed by atoms with Crippen LogP contribution >= 0.6 is 0 Å². The second-order valence-corrected chi connectivity index (χ2v) is 7.30. The molecule has 1 amide bonds. The summed E-state index contributed by atoms with van der Waals surface area (Å²) in [5, 5.41) is 3.55. The lowest BCUT2D eigenvalue weighted by molar-refractivity contribution is -0.141. The van der Waals surface area contributed by atoms with E-state index in [2.05, 4.69) is 5.10 Å². The van der Waals surface area contributed by atoms with Gasteiger partial charge >= 0.3 is 6.18 Å². The van der Waals surface area contributed by atoms with E-state index in [-0.39, 0.29) is 17.4 Å². The number of amides is 1. The van der Waals surface area contributed by atoms with Crippen LogP contribution in [0.1, 0.15) is 36.3 Å². The minimum Gasteiger partial charge on any atom is -0.338 e. The van der Waals surface area contributed by atoms with Crippen molar-refractivity contribution in [3.63, 3.8) is 0 Å². The Kier molecular flexibility index (Phi) is 4.56. The van der Waals surface area contributed by atoms with E-state index in [0.717, 1.165) is 10.7 Å². The molecular weight excluding hydrogens is 345 g/mol. The van der Waals surface area contributed by atoms with Gasteiger partial charge < -0.3 is 10.6 Å². The molecule has 26 heavy (non-hydrogen) atoms. The van der Waals surface area contributed by atoms with E-state index >= 15 is 0 Å². The molecule has 2 aromatic rings. The van der Waals surface area contributed by atoms with Gasteiger partial charge in [0.15, 0.2) is 5.69 Å². The molecule has 1 fully saturated rings. The fraction of sp³-hybridized carbons (Fsp3) is 0.444.